The average Bonchev–Trinajstić information content (AvgIpc) is 2.18. The molecule has 4 heteroatoms. The minimum atomic E-state index is -0.665. The van der Waals surface area contributed by atoms with Gasteiger partial charge in [0.1, 0.15) is 0 Å². The van der Waals surface area contributed by atoms with Crippen molar-refractivity contribution >= 4 is 0 Å². The van der Waals surface area contributed by atoms with Crippen LogP contribution in [0.1, 0.15) is 18.6 Å². The van der Waals surface area contributed by atoms with Crippen LogP contribution in [-0.4, -0.2) is 28.4 Å². The molecule has 0 fully saturated rings. The second-order valence-electron chi connectivity index (χ2n) is 3.07. The third kappa shape index (κ3) is 2.61. The highest BCUT2D eigenvalue weighted by Crippen LogP contribution is 2.27. The van der Waals surface area contributed by atoms with E-state index >= 15 is 0 Å². The summed E-state index contributed by atoms with van der Waals surface area (Å²) in [7, 11) is 0. The maximum atomic E-state index is 9.61. The molecule has 78 valence electrons. The van der Waals surface area contributed by atoms with E-state index in [9.17, 15) is 10.2 Å². The van der Waals surface area contributed by atoms with Crippen molar-refractivity contribution < 1.29 is 15.3 Å². The van der Waals surface area contributed by atoms with Crippen molar-refractivity contribution in [1.82, 2.24) is 5.32 Å². The van der Waals surface area contributed by atoms with E-state index in [1.54, 1.807) is 6.07 Å². The highest BCUT2D eigenvalue weighted by atomic mass is 16.3. The van der Waals surface area contributed by atoms with Crippen LogP contribution in [0, 0.1) is 0 Å². The summed E-state index contributed by atoms with van der Waals surface area (Å²) in [5.41, 5.74) is 0.584. The Bertz CT molecular complexity index is 301. The van der Waals surface area contributed by atoms with Gasteiger partial charge in [0.05, 0.1) is 6.10 Å². The zero-order chi connectivity index (χ0) is 10.6. The molecule has 0 aliphatic carbocycles. The van der Waals surface area contributed by atoms with Crippen LogP contribution in [-0.2, 0) is 0 Å². The van der Waals surface area contributed by atoms with Gasteiger partial charge in [0.2, 0.25) is 0 Å². The number of benzene rings is 1. The largest absolute Gasteiger partial charge is 0.504 e. The summed E-state index contributed by atoms with van der Waals surface area (Å²) in [6, 6.07) is 4.30. The number of hydrogen-bond acceptors (Lipinski definition) is 4. The lowest BCUT2D eigenvalue weighted by molar-refractivity contribution is 0.175. The smallest absolute Gasteiger partial charge is 0.157 e. The van der Waals surface area contributed by atoms with Crippen LogP contribution in [0.2, 0.25) is 0 Å². The van der Waals surface area contributed by atoms with Crippen LogP contribution in [0.3, 0.4) is 0 Å². The number of aliphatic hydroxyl groups is 1. The van der Waals surface area contributed by atoms with Gasteiger partial charge in [0, 0.05) is 6.54 Å². The van der Waals surface area contributed by atoms with Crippen LogP contribution in [0.25, 0.3) is 0 Å². The Morgan fingerprint density at radius 2 is 2.00 bits per heavy atom. The van der Waals surface area contributed by atoms with E-state index in [1.165, 1.54) is 12.1 Å². The molecular formula is C10H15NO3. The highest BCUT2D eigenvalue weighted by molar-refractivity contribution is 5.41. The van der Waals surface area contributed by atoms with E-state index in [2.05, 4.69) is 5.32 Å². The van der Waals surface area contributed by atoms with Crippen molar-refractivity contribution in [2.45, 2.75) is 13.0 Å². The fourth-order valence-electron chi connectivity index (χ4n) is 1.15. The Hall–Kier alpha value is -1.26. The normalized spacial score (nSPS) is 12.7. The molecule has 4 nitrogen and oxygen atoms in total. The topological polar surface area (TPSA) is 72.7 Å². The zero-order valence-corrected chi connectivity index (χ0v) is 8.07. The number of nitrogens with one attached hydrogen (secondary N) is 1. The molecule has 1 aromatic carbocycles. The zero-order valence-electron chi connectivity index (χ0n) is 8.07. The molecule has 0 spiro atoms. The number of aliphatic hydroxyl groups excluding tert-OH is 1. The van der Waals surface area contributed by atoms with Gasteiger partial charge in [0.15, 0.2) is 11.5 Å². The second kappa shape index (κ2) is 4.83. The third-order valence-corrected chi connectivity index (χ3v) is 1.97. The summed E-state index contributed by atoms with van der Waals surface area (Å²) in [6.07, 6.45) is -0.665. The maximum Gasteiger partial charge on any atom is 0.157 e. The van der Waals surface area contributed by atoms with Gasteiger partial charge in [-0.25, -0.2) is 0 Å². The van der Waals surface area contributed by atoms with Gasteiger partial charge < -0.3 is 20.6 Å². The van der Waals surface area contributed by atoms with E-state index in [-0.39, 0.29) is 11.5 Å². The fourth-order valence-corrected chi connectivity index (χ4v) is 1.15. The molecule has 0 radical (unpaired) electrons. The summed E-state index contributed by atoms with van der Waals surface area (Å²) in [6.45, 7) is 3.16. The van der Waals surface area contributed by atoms with Crippen LogP contribution in [0.4, 0.5) is 0 Å². The minimum absolute atomic E-state index is 0.176. The summed E-state index contributed by atoms with van der Waals surface area (Å²) >= 11 is 0. The Kier molecular flexibility index (Phi) is 3.73. The van der Waals surface area contributed by atoms with E-state index in [4.69, 9.17) is 5.11 Å². The van der Waals surface area contributed by atoms with Gasteiger partial charge in [0.25, 0.3) is 0 Å². The first-order chi connectivity index (χ1) is 6.65. The molecular weight excluding hydrogens is 182 g/mol. The lowest BCUT2D eigenvalue weighted by Gasteiger charge is -2.11. The SMILES string of the molecule is CCNC[C@H](O)c1ccc(O)c(O)c1. The Balaban J connectivity index is 2.70. The number of phenolic OH excluding ortho intramolecular Hbond substituents is 2. The number of rotatable bonds is 4. The molecule has 0 unspecified atom stereocenters. The van der Waals surface area contributed by atoms with Crippen LogP contribution < -0.4 is 5.32 Å². The molecule has 0 aromatic heterocycles. The predicted molar refractivity (Wildman–Crippen MR) is 53.3 cm³/mol. The summed E-state index contributed by atoms with van der Waals surface area (Å²) in [5.74, 6) is -0.387. The lowest BCUT2D eigenvalue weighted by atomic mass is 10.1. The second-order valence-corrected chi connectivity index (χ2v) is 3.07. The number of likely N-dealkylation sites (N-methyl/N-ethyl adjacent to an activating group) is 1. The highest BCUT2D eigenvalue weighted by Gasteiger charge is 2.08. The Labute approximate surface area is 82.8 Å². The number of aromatic hydroxyl groups is 2. The van der Waals surface area contributed by atoms with E-state index < -0.39 is 6.10 Å². The molecule has 0 amide bonds. The molecule has 0 heterocycles. The van der Waals surface area contributed by atoms with E-state index in [0.29, 0.717) is 12.1 Å². The molecule has 1 rings (SSSR count). The Morgan fingerprint density at radius 1 is 1.29 bits per heavy atom. The fraction of sp³-hybridized carbons (Fsp3) is 0.400. The summed E-state index contributed by atoms with van der Waals surface area (Å²) in [4.78, 5) is 0. The molecule has 0 aliphatic heterocycles. The lowest BCUT2D eigenvalue weighted by Crippen LogP contribution is -2.20. The molecule has 0 bridgehead atoms. The van der Waals surface area contributed by atoms with Crippen LogP contribution in [0.15, 0.2) is 18.2 Å². The molecule has 0 saturated heterocycles. The summed E-state index contributed by atoms with van der Waals surface area (Å²) in [5, 5.41) is 30.8. The van der Waals surface area contributed by atoms with Crippen molar-refractivity contribution in [3.8, 4) is 11.5 Å². The number of phenols is 2. The quantitative estimate of drug-likeness (QED) is 0.537. The first-order valence-corrected chi connectivity index (χ1v) is 4.55. The monoisotopic (exact) mass is 197 g/mol. The van der Waals surface area contributed by atoms with Gasteiger partial charge in [-0.3, -0.25) is 0 Å². The predicted octanol–water partition coefficient (Wildman–Crippen LogP) is 0.741. The standard InChI is InChI=1S/C10H15NO3/c1-2-11-6-10(14)7-3-4-8(12)9(13)5-7/h3-5,10-14H,2,6H2,1H3/t10-/m0/s1. The first-order valence-electron chi connectivity index (χ1n) is 4.55. The van der Waals surface area contributed by atoms with Gasteiger partial charge in [-0.05, 0) is 24.2 Å². The first kappa shape index (κ1) is 10.8. The van der Waals surface area contributed by atoms with Crippen molar-refractivity contribution in [3.05, 3.63) is 23.8 Å². The van der Waals surface area contributed by atoms with Crippen LogP contribution in [0.5, 0.6) is 11.5 Å². The maximum absolute atomic E-state index is 9.61. The van der Waals surface area contributed by atoms with Gasteiger partial charge in [-0.15, -0.1) is 0 Å². The van der Waals surface area contributed by atoms with Crippen molar-refractivity contribution in [1.29, 1.82) is 0 Å². The molecule has 1 atom stereocenters. The molecule has 1 aromatic rings. The van der Waals surface area contributed by atoms with Gasteiger partial charge in [-0.1, -0.05) is 13.0 Å². The molecule has 14 heavy (non-hydrogen) atoms. The van der Waals surface area contributed by atoms with Crippen molar-refractivity contribution in [2.24, 2.45) is 0 Å². The minimum Gasteiger partial charge on any atom is -0.504 e. The van der Waals surface area contributed by atoms with E-state index in [1.807, 2.05) is 6.92 Å². The Morgan fingerprint density at radius 3 is 2.57 bits per heavy atom. The van der Waals surface area contributed by atoms with Crippen molar-refractivity contribution in [2.75, 3.05) is 13.1 Å². The molecule has 0 aliphatic rings. The van der Waals surface area contributed by atoms with Gasteiger partial charge >= 0.3 is 0 Å². The molecule has 4 N–H and O–H groups in total. The third-order valence-electron chi connectivity index (χ3n) is 1.97. The van der Waals surface area contributed by atoms with Crippen molar-refractivity contribution in [3.63, 3.8) is 0 Å². The average molecular weight is 197 g/mol. The van der Waals surface area contributed by atoms with Gasteiger partial charge in [-0.2, -0.15) is 0 Å². The van der Waals surface area contributed by atoms with Crippen LogP contribution >= 0.6 is 0 Å². The molecule has 0 saturated carbocycles. The number of hydrogen-bond donors (Lipinski definition) is 4. The van der Waals surface area contributed by atoms with E-state index in [0.717, 1.165) is 6.54 Å². The summed E-state index contributed by atoms with van der Waals surface area (Å²) < 4.78 is 0.